The first kappa shape index (κ1) is 16.1. The summed E-state index contributed by atoms with van der Waals surface area (Å²) in [6.07, 6.45) is 0. The van der Waals surface area contributed by atoms with E-state index in [0.717, 1.165) is 16.8 Å². The van der Waals surface area contributed by atoms with Crippen molar-refractivity contribution in [2.75, 3.05) is 11.9 Å². The third kappa shape index (κ3) is 3.40. The normalized spacial score (nSPS) is 11.9. The Kier molecular flexibility index (Phi) is 4.52. The zero-order valence-corrected chi connectivity index (χ0v) is 14.4. The van der Waals surface area contributed by atoms with Crippen LogP contribution in [0.5, 0.6) is 0 Å². The molecule has 0 fully saturated rings. The van der Waals surface area contributed by atoms with Gasteiger partial charge in [-0.1, -0.05) is 56.3 Å². The molecule has 3 heteroatoms. The minimum absolute atomic E-state index is 0.475. The Balaban J connectivity index is 1.85. The molecule has 0 heterocycles. The molecule has 0 aliphatic heterocycles. The lowest BCUT2D eigenvalue weighted by molar-refractivity contribution is 0.866. The van der Waals surface area contributed by atoms with E-state index in [1.54, 1.807) is 0 Å². The summed E-state index contributed by atoms with van der Waals surface area (Å²) < 4.78 is 0. The number of hydrogen-bond acceptors (Lipinski definition) is 1. The highest BCUT2D eigenvalue weighted by molar-refractivity contribution is 5.96. The van der Waals surface area contributed by atoms with Crippen LogP contribution in [-0.4, -0.2) is 13.0 Å². The number of hydrogen-bond donors (Lipinski definition) is 1. The van der Waals surface area contributed by atoms with Crippen molar-refractivity contribution in [3.8, 4) is 0 Å². The standard InChI is InChI=1S/C21H23N3/c1-15(2)16-9-12-20(13-10-16)24(3)21(22)23-19-11-8-17-6-4-5-7-18(17)14-19/h4-15H,1-3H3,(H2,22,23). The van der Waals surface area contributed by atoms with E-state index in [9.17, 15) is 0 Å². The van der Waals surface area contributed by atoms with Crippen LogP contribution < -0.4 is 10.6 Å². The fourth-order valence-electron chi connectivity index (χ4n) is 2.67. The van der Waals surface area contributed by atoms with Crippen LogP contribution in [0.3, 0.4) is 0 Å². The zero-order valence-electron chi connectivity index (χ0n) is 14.4. The number of fused-ring (bicyclic) bond motifs is 1. The highest BCUT2D eigenvalue weighted by Crippen LogP contribution is 2.23. The van der Waals surface area contributed by atoms with Crippen LogP contribution in [0.25, 0.3) is 10.8 Å². The molecule has 0 amide bonds. The maximum absolute atomic E-state index is 6.20. The Morgan fingerprint density at radius 1 is 0.917 bits per heavy atom. The maximum atomic E-state index is 6.20. The minimum atomic E-state index is 0.475. The third-order valence-corrected chi connectivity index (χ3v) is 4.27. The second-order valence-electron chi connectivity index (χ2n) is 6.31. The quantitative estimate of drug-likeness (QED) is 0.543. The van der Waals surface area contributed by atoms with E-state index in [4.69, 9.17) is 5.73 Å². The molecule has 0 bridgehead atoms. The average Bonchev–Trinajstić information content (AvgIpc) is 2.61. The smallest absolute Gasteiger partial charge is 0.200 e. The van der Waals surface area contributed by atoms with E-state index in [-0.39, 0.29) is 0 Å². The predicted molar refractivity (Wildman–Crippen MR) is 104 cm³/mol. The fraction of sp³-hybridized carbons (Fsp3) is 0.190. The fourth-order valence-corrected chi connectivity index (χ4v) is 2.67. The predicted octanol–water partition coefficient (Wildman–Crippen LogP) is 5.05. The lowest BCUT2D eigenvalue weighted by Gasteiger charge is -2.19. The van der Waals surface area contributed by atoms with Gasteiger partial charge in [-0.15, -0.1) is 0 Å². The molecule has 0 saturated carbocycles. The topological polar surface area (TPSA) is 41.6 Å². The summed E-state index contributed by atoms with van der Waals surface area (Å²) >= 11 is 0. The molecule has 3 aromatic rings. The molecule has 0 atom stereocenters. The van der Waals surface area contributed by atoms with Crippen molar-refractivity contribution in [3.63, 3.8) is 0 Å². The summed E-state index contributed by atoms with van der Waals surface area (Å²) in [7, 11) is 1.93. The van der Waals surface area contributed by atoms with Gasteiger partial charge in [0.1, 0.15) is 0 Å². The molecule has 24 heavy (non-hydrogen) atoms. The van der Waals surface area contributed by atoms with Gasteiger partial charge in [-0.05, 0) is 46.5 Å². The summed E-state index contributed by atoms with van der Waals surface area (Å²) in [4.78, 5) is 6.47. The highest BCUT2D eigenvalue weighted by atomic mass is 15.2. The lowest BCUT2D eigenvalue weighted by Crippen LogP contribution is -2.33. The first-order valence-electron chi connectivity index (χ1n) is 8.21. The van der Waals surface area contributed by atoms with Gasteiger partial charge >= 0.3 is 0 Å². The van der Waals surface area contributed by atoms with Crippen molar-refractivity contribution < 1.29 is 0 Å². The Morgan fingerprint density at radius 2 is 1.58 bits per heavy atom. The first-order valence-corrected chi connectivity index (χ1v) is 8.21. The van der Waals surface area contributed by atoms with E-state index >= 15 is 0 Å². The van der Waals surface area contributed by atoms with Gasteiger partial charge in [-0.2, -0.15) is 0 Å². The van der Waals surface area contributed by atoms with E-state index in [1.165, 1.54) is 10.9 Å². The molecular formula is C21H23N3. The molecule has 122 valence electrons. The van der Waals surface area contributed by atoms with Crippen LogP contribution in [-0.2, 0) is 0 Å². The Morgan fingerprint density at radius 3 is 2.25 bits per heavy atom. The van der Waals surface area contributed by atoms with Crippen LogP contribution in [0.4, 0.5) is 11.4 Å². The first-order chi connectivity index (χ1) is 11.5. The van der Waals surface area contributed by atoms with Gasteiger partial charge in [-0.3, -0.25) is 0 Å². The van der Waals surface area contributed by atoms with Crippen molar-refractivity contribution in [2.45, 2.75) is 19.8 Å². The van der Waals surface area contributed by atoms with Gasteiger partial charge < -0.3 is 10.6 Å². The van der Waals surface area contributed by atoms with Gasteiger partial charge in [0.25, 0.3) is 0 Å². The van der Waals surface area contributed by atoms with Crippen LogP contribution in [0.1, 0.15) is 25.3 Å². The molecule has 3 rings (SSSR count). The third-order valence-electron chi connectivity index (χ3n) is 4.27. The van der Waals surface area contributed by atoms with Crippen molar-refractivity contribution >= 4 is 28.1 Å². The number of nitrogens with two attached hydrogens (primary N) is 1. The molecule has 0 radical (unpaired) electrons. The Hall–Kier alpha value is -2.81. The van der Waals surface area contributed by atoms with Crippen molar-refractivity contribution in [1.82, 2.24) is 0 Å². The molecule has 0 aromatic heterocycles. The average molecular weight is 317 g/mol. The summed E-state index contributed by atoms with van der Waals surface area (Å²) in [5, 5.41) is 2.36. The number of guanidine groups is 1. The molecule has 3 aromatic carbocycles. The lowest BCUT2D eigenvalue weighted by atomic mass is 10.0. The molecule has 0 aliphatic carbocycles. The largest absolute Gasteiger partial charge is 0.369 e. The zero-order chi connectivity index (χ0) is 17.1. The maximum Gasteiger partial charge on any atom is 0.200 e. The number of aliphatic imine (C=N–C) groups is 1. The SMILES string of the molecule is CC(C)c1ccc(N(C)C(N)=Nc2ccc3ccccc3c2)cc1. The van der Waals surface area contributed by atoms with Crippen molar-refractivity contribution in [3.05, 3.63) is 72.3 Å². The summed E-state index contributed by atoms with van der Waals surface area (Å²) in [5.41, 5.74) is 9.40. The Labute approximate surface area is 143 Å². The summed E-state index contributed by atoms with van der Waals surface area (Å²) in [6.45, 7) is 4.38. The van der Waals surface area contributed by atoms with Crippen LogP contribution >= 0.6 is 0 Å². The van der Waals surface area contributed by atoms with Crippen LogP contribution in [0, 0.1) is 0 Å². The summed E-state index contributed by atoms with van der Waals surface area (Å²) in [5.74, 6) is 0.996. The number of nitrogens with zero attached hydrogens (tertiary/aromatic N) is 2. The van der Waals surface area contributed by atoms with Crippen LogP contribution in [0.2, 0.25) is 0 Å². The number of anilines is 1. The van der Waals surface area contributed by atoms with Crippen molar-refractivity contribution in [2.24, 2.45) is 10.7 Å². The van der Waals surface area contributed by atoms with Gasteiger partial charge in [0, 0.05) is 12.7 Å². The van der Waals surface area contributed by atoms with E-state index in [2.05, 4.69) is 67.4 Å². The summed E-state index contributed by atoms with van der Waals surface area (Å²) in [6, 6.07) is 22.8. The molecule has 0 unspecified atom stereocenters. The van der Waals surface area contributed by atoms with Gasteiger partial charge in [0.05, 0.1) is 5.69 Å². The van der Waals surface area contributed by atoms with Gasteiger partial charge in [0.15, 0.2) is 0 Å². The molecule has 0 aliphatic rings. The highest BCUT2D eigenvalue weighted by Gasteiger charge is 2.07. The molecule has 0 saturated heterocycles. The minimum Gasteiger partial charge on any atom is -0.369 e. The number of rotatable bonds is 3. The van der Waals surface area contributed by atoms with Gasteiger partial charge in [-0.25, -0.2) is 4.99 Å². The number of benzene rings is 3. The molecular weight excluding hydrogens is 294 g/mol. The van der Waals surface area contributed by atoms with E-state index in [1.807, 2.05) is 30.1 Å². The Bertz CT molecular complexity index is 864. The van der Waals surface area contributed by atoms with Gasteiger partial charge in [0.2, 0.25) is 5.96 Å². The monoisotopic (exact) mass is 317 g/mol. The van der Waals surface area contributed by atoms with E-state index < -0.39 is 0 Å². The molecule has 0 spiro atoms. The molecule has 3 nitrogen and oxygen atoms in total. The van der Waals surface area contributed by atoms with Crippen LogP contribution in [0.15, 0.2) is 71.7 Å². The molecule has 2 N–H and O–H groups in total. The second kappa shape index (κ2) is 6.75. The second-order valence-corrected chi connectivity index (χ2v) is 6.31. The van der Waals surface area contributed by atoms with Crippen molar-refractivity contribution in [1.29, 1.82) is 0 Å². The van der Waals surface area contributed by atoms with E-state index in [0.29, 0.717) is 11.9 Å².